The molecule has 86 valence electrons. The quantitative estimate of drug-likeness (QED) is 0.771. The highest BCUT2D eigenvalue weighted by molar-refractivity contribution is 7.19. The molecule has 0 radical (unpaired) electrons. The minimum absolute atomic E-state index is 0.256. The molecule has 0 N–H and O–H groups in total. The number of thiazole rings is 1. The predicted molar refractivity (Wildman–Crippen MR) is 63.1 cm³/mol. The molecule has 0 atom stereocenters. The molecule has 0 saturated heterocycles. The number of ether oxygens (including phenoxy) is 1. The van der Waals surface area contributed by atoms with Crippen LogP contribution >= 0.6 is 11.3 Å². The number of rotatable bonds is 3. The zero-order valence-electron chi connectivity index (χ0n) is 9.61. The van der Waals surface area contributed by atoms with E-state index in [4.69, 9.17) is 4.74 Å². The van der Waals surface area contributed by atoms with E-state index >= 15 is 0 Å². The molecule has 0 fully saturated rings. The van der Waals surface area contributed by atoms with Crippen molar-refractivity contribution < 1.29 is 9.53 Å². The van der Waals surface area contributed by atoms with Crippen LogP contribution in [0.4, 0.5) is 0 Å². The predicted octanol–water partition coefficient (Wildman–Crippen LogP) is 2.44. The zero-order chi connectivity index (χ0) is 11.7. The minimum Gasteiger partial charge on any atom is -0.462 e. The number of aryl methyl sites for hydroxylation is 2. The summed E-state index contributed by atoms with van der Waals surface area (Å²) in [6.45, 7) is 6.19. The SMILES string of the molecule is CCOC(=O)c1sc2nc(CC)cn2c1C. The average molecular weight is 238 g/mol. The summed E-state index contributed by atoms with van der Waals surface area (Å²) in [4.78, 5) is 17.6. The van der Waals surface area contributed by atoms with E-state index in [1.165, 1.54) is 11.3 Å². The van der Waals surface area contributed by atoms with Gasteiger partial charge in [0, 0.05) is 11.9 Å². The lowest BCUT2D eigenvalue weighted by molar-refractivity contribution is 0.0531. The maximum atomic E-state index is 11.6. The van der Waals surface area contributed by atoms with E-state index < -0.39 is 0 Å². The van der Waals surface area contributed by atoms with Gasteiger partial charge in [0.25, 0.3) is 0 Å². The van der Waals surface area contributed by atoms with Crippen LogP contribution in [0, 0.1) is 6.92 Å². The Labute approximate surface area is 97.9 Å². The third-order valence-electron chi connectivity index (χ3n) is 2.43. The van der Waals surface area contributed by atoms with E-state index in [0.29, 0.717) is 11.5 Å². The third kappa shape index (κ3) is 1.71. The number of hydrogen-bond acceptors (Lipinski definition) is 4. The summed E-state index contributed by atoms with van der Waals surface area (Å²) in [5.41, 5.74) is 1.95. The second-order valence-electron chi connectivity index (χ2n) is 3.48. The molecule has 0 spiro atoms. The Kier molecular flexibility index (Phi) is 2.96. The van der Waals surface area contributed by atoms with Gasteiger partial charge in [-0.25, -0.2) is 9.78 Å². The van der Waals surface area contributed by atoms with Crippen molar-refractivity contribution in [2.75, 3.05) is 6.61 Å². The molecule has 0 amide bonds. The normalized spacial score (nSPS) is 10.9. The van der Waals surface area contributed by atoms with Crippen LogP contribution in [-0.4, -0.2) is 22.0 Å². The summed E-state index contributed by atoms with van der Waals surface area (Å²) >= 11 is 1.39. The van der Waals surface area contributed by atoms with Crippen molar-refractivity contribution in [3.05, 3.63) is 22.5 Å². The summed E-state index contributed by atoms with van der Waals surface area (Å²) in [6.07, 6.45) is 2.88. The smallest absolute Gasteiger partial charge is 0.350 e. The molecule has 0 aliphatic heterocycles. The first kappa shape index (κ1) is 11.1. The van der Waals surface area contributed by atoms with Gasteiger partial charge < -0.3 is 4.74 Å². The Hall–Kier alpha value is -1.36. The molecule has 16 heavy (non-hydrogen) atoms. The second kappa shape index (κ2) is 4.25. The lowest BCUT2D eigenvalue weighted by atomic mass is 10.3. The lowest BCUT2D eigenvalue weighted by Crippen LogP contribution is -2.04. The van der Waals surface area contributed by atoms with Crippen molar-refractivity contribution in [3.8, 4) is 0 Å². The van der Waals surface area contributed by atoms with Gasteiger partial charge in [0.2, 0.25) is 0 Å². The van der Waals surface area contributed by atoms with Crippen molar-refractivity contribution in [2.24, 2.45) is 0 Å². The van der Waals surface area contributed by atoms with Crippen molar-refractivity contribution >= 4 is 22.3 Å². The van der Waals surface area contributed by atoms with E-state index in [1.54, 1.807) is 6.92 Å². The fourth-order valence-electron chi connectivity index (χ4n) is 1.55. The summed E-state index contributed by atoms with van der Waals surface area (Å²) in [5, 5.41) is 0. The first-order valence-electron chi connectivity index (χ1n) is 5.31. The van der Waals surface area contributed by atoms with Crippen LogP contribution in [0.5, 0.6) is 0 Å². The van der Waals surface area contributed by atoms with Gasteiger partial charge in [0.1, 0.15) is 4.88 Å². The van der Waals surface area contributed by atoms with Crippen LogP contribution < -0.4 is 0 Å². The Bertz CT molecular complexity index is 527. The van der Waals surface area contributed by atoms with Crippen molar-refractivity contribution in [1.29, 1.82) is 0 Å². The summed E-state index contributed by atoms with van der Waals surface area (Å²) in [6, 6.07) is 0. The summed E-state index contributed by atoms with van der Waals surface area (Å²) in [5.74, 6) is -0.256. The van der Waals surface area contributed by atoms with Crippen molar-refractivity contribution in [1.82, 2.24) is 9.38 Å². The number of aromatic nitrogens is 2. The molecular weight excluding hydrogens is 224 g/mol. The molecule has 0 aromatic carbocycles. The second-order valence-corrected chi connectivity index (χ2v) is 4.45. The standard InChI is InChI=1S/C11H14N2O2S/c1-4-8-6-13-7(3)9(10(14)15-5-2)16-11(13)12-8/h6H,4-5H2,1-3H3. The van der Waals surface area contributed by atoms with Gasteiger partial charge in [-0.3, -0.25) is 4.40 Å². The van der Waals surface area contributed by atoms with Crippen LogP contribution in [0.25, 0.3) is 4.96 Å². The third-order valence-corrected chi connectivity index (χ3v) is 3.57. The molecule has 2 aromatic heterocycles. The highest BCUT2D eigenvalue weighted by atomic mass is 32.1. The van der Waals surface area contributed by atoms with E-state index in [0.717, 1.165) is 22.8 Å². The largest absolute Gasteiger partial charge is 0.462 e. The first-order valence-corrected chi connectivity index (χ1v) is 6.13. The Balaban J connectivity index is 2.45. The van der Waals surface area contributed by atoms with Crippen molar-refractivity contribution in [2.45, 2.75) is 27.2 Å². The summed E-state index contributed by atoms with van der Waals surface area (Å²) < 4.78 is 6.95. The van der Waals surface area contributed by atoms with Gasteiger partial charge in [0.15, 0.2) is 4.96 Å². The fraction of sp³-hybridized carbons (Fsp3) is 0.455. The fourth-order valence-corrected chi connectivity index (χ4v) is 2.57. The average Bonchev–Trinajstić information content (AvgIpc) is 2.79. The van der Waals surface area contributed by atoms with Crippen LogP contribution in [-0.2, 0) is 11.2 Å². The number of hydrogen-bond donors (Lipinski definition) is 0. The number of carbonyl (C=O) groups is 1. The molecule has 0 aliphatic carbocycles. The number of carbonyl (C=O) groups excluding carboxylic acids is 1. The van der Waals surface area contributed by atoms with Gasteiger partial charge in [-0.2, -0.15) is 0 Å². The number of esters is 1. The van der Waals surface area contributed by atoms with Gasteiger partial charge in [-0.05, 0) is 20.3 Å². The van der Waals surface area contributed by atoms with Crippen LogP contribution in [0.2, 0.25) is 0 Å². The van der Waals surface area contributed by atoms with Crippen LogP contribution in [0.15, 0.2) is 6.20 Å². The highest BCUT2D eigenvalue weighted by Gasteiger charge is 2.17. The Morgan fingerprint density at radius 3 is 2.88 bits per heavy atom. The van der Waals surface area contributed by atoms with Gasteiger partial charge >= 0.3 is 5.97 Å². The zero-order valence-corrected chi connectivity index (χ0v) is 10.4. The first-order chi connectivity index (χ1) is 7.67. The molecular formula is C11H14N2O2S. The maximum absolute atomic E-state index is 11.6. The number of nitrogens with zero attached hydrogens (tertiary/aromatic N) is 2. The molecule has 2 aromatic rings. The molecule has 0 aliphatic rings. The maximum Gasteiger partial charge on any atom is 0.350 e. The molecule has 2 rings (SSSR count). The van der Waals surface area contributed by atoms with E-state index in [9.17, 15) is 4.79 Å². The van der Waals surface area contributed by atoms with Crippen LogP contribution in [0.1, 0.15) is 34.9 Å². The molecule has 5 heteroatoms. The molecule has 0 bridgehead atoms. The molecule has 0 unspecified atom stereocenters. The number of imidazole rings is 1. The van der Waals surface area contributed by atoms with E-state index in [-0.39, 0.29) is 5.97 Å². The monoisotopic (exact) mass is 238 g/mol. The van der Waals surface area contributed by atoms with Gasteiger partial charge in [-0.15, -0.1) is 0 Å². The highest BCUT2D eigenvalue weighted by Crippen LogP contribution is 2.23. The van der Waals surface area contributed by atoms with Gasteiger partial charge in [0.05, 0.1) is 12.3 Å². The number of fused-ring (bicyclic) bond motifs is 1. The van der Waals surface area contributed by atoms with Crippen LogP contribution in [0.3, 0.4) is 0 Å². The Morgan fingerprint density at radius 1 is 1.56 bits per heavy atom. The van der Waals surface area contributed by atoms with Crippen molar-refractivity contribution in [3.63, 3.8) is 0 Å². The topological polar surface area (TPSA) is 43.6 Å². The van der Waals surface area contributed by atoms with E-state index in [2.05, 4.69) is 11.9 Å². The molecule has 4 nitrogen and oxygen atoms in total. The molecule has 0 saturated carbocycles. The van der Waals surface area contributed by atoms with E-state index in [1.807, 2.05) is 17.5 Å². The molecule has 2 heterocycles. The van der Waals surface area contributed by atoms with Gasteiger partial charge in [-0.1, -0.05) is 18.3 Å². The summed E-state index contributed by atoms with van der Waals surface area (Å²) in [7, 11) is 0. The minimum atomic E-state index is -0.256. The Morgan fingerprint density at radius 2 is 2.31 bits per heavy atom. The lowest BCUT2D eigenvalue weighted by Gasteiger charge is -1.99.